The highest BCUT2D eigenvalue weighted by atomic mass is 16.2. The summed E-state index contributed by atoms with van der Waals surface area (Å²) in [4.78, 5) is 26.0. The number of hydrogen-bond donors (Lipinski definition) is 2. The molecule has 3 N–H and O–H groups in total. The molecule has 0 saturated carbocycles. The molecule has 1 aromatic carbocycles. The molecule has 0 bridgehead atoms. The van der Waals surface area contributed by atoms with Gasteiger partial charge in [0.25, 0.3) is 0 Å². The van der Waals surface area contributed by atoms with Gasteiger partial charge in [0.05, 0.1) is 5.41 Å². The number of nitrogens with one attached hydrogen (secondary N) is 1. The quantitative estimate of drug-likeness (QED) is 0.848. The van der Waals surface area contributed by atoms with E-state index in [0.29, 0.717) is 25.8 Å². The number of amides is 2. The maximum Gasteiger partial charge on any atom is 0.231 e. The number of anilines is 2. The van der Waals surface area contributed by atoms with Crippen LogP contribution in [0.5, 0.6) is 0 Å². The molecule has 1 fully saturated rings. The molecule has 1 heterocycles. The standard InChI is InChI=1S/C17H25N3O2/c1-3-17(4-2,12-18)16(22)19-13-7-9-14(10-8-13)20-11-5-6-15(20)21/h7-10H,3-6,11-12,18H2,1-2H3,(H,19,22). The molecule has 0 atom stereocenters. The van der Waals surface area contributed by atoms with Crippen molar-refractivity contribution in [2.24, 2.45) is 11.1 Å². The molecule has 0 radical (unpaired) electrons. The zero-order chi connectivity index (χ0) is 16.2. The molecular formula is C17H25N3O2. The van der Waals surface area contributed by atoms with E-state index < -0.39 is 5.41 Å². The van der Waals surface area contributed by atoms with Gasteiger partial charge in [-0.2, -0.15) is 0 Å². The van der Waals surface area contributed by atoms with Gasteiger partial charge >= 0.3 is 0 Å². The fourth-order valence-corrected chi connectivity index (χ4v) is 2.86. The van der Waals surface area contributed by atoms with Crippen LogP contribution < -0.4 is 16.0 Å². The summed E-state index contributed by atoms with van der Waals surface area (Å²) in [7, 11) is 0. The fraction of sp³-hybridized carbons (Fsp3) is 0.529. The second-order valence-electron chi connectivity index (χ2n) is 5.84. The fourth-order valence-electron chi connectivity index (χ4n) is 2.86. The van der Waals surface area contributed by atoms with Crippen LogP contribution in [0.25, 0.3) is 0 Å². The van der Waals surface area contributed by atoms with Gasteiger partial charge in [-0.1, -0.05) is 13.8 Å². The van der Waals surface area contributed by atoms with Crippen molar-refractivity contribution < 1.29 is 9.59 Å². The van der Waals surface area contributed by atoms with Crippen molar-refractivity contribution in [1.29, 1.82) is 0 Å². The summed E-state index contributed by atoms with van der Waals surface area (Å²) in [5.74, 6) is 0.126. The summed E-state index contributed by atoms with van der Waals surface area (Å²) >= 11 is 0. The number of nitrogens with zero attached hydrogens (tertiary/aromatic N) is 1. The van der Waals surface area contributed by atoms with Crippen LogP contribution in [-0.4, -0.2) is 24.9 Å². The van der Waals surface area contributed by atoms with Crippen LogP contribution in [0.15, 0.2) is 24.3 Å². The lowest BCUT2D eigenvalue weighted by Crippen LogP contribution is -2.41. The van der Waals surface area contributed by atoms with Gasteiger partial charge in [-0.05, 0) is 43.5 Å². The molecule has 5 nitrogen and oxygen atoms in total. The maximum atomic E-state index is 12.5. The molecule has 2 rings (SSSR count). The van der Waals surface area contributed by atoms with Gasteiger partial charge in [0.15, 0.2) is 0 Å². The Hall–Kier alpha value is -1.88. The Kier molecular flexibility index (Phi) is 5.19. The van der Waals surface area contributed by atoms with Crippen molar-refractivity contribution >= 4 is 23.2 Å². The van der Waals surface area contributed by atoms with Gasteiger partial charge in [0, 0.05) is 30.9 Å². The number of nitrogens with two attached hydrogens (primary N) is 1. The lowest BCUT2D eigenvalue weighted by molar-refractivity contribution is -0.125. The maximum absolute atomic E-state index is 12.5. The predicted molar refractivity (Wildman–Crippen MR) is 88.7 cm³/mol. The third-order valence-electron chi connectivity index (χ3n) is 4.74. The molecule has 2 amide bonds. The van der Waals surface area contributed by atoms with Crippen LogP contribution in [0, 0.1) is 5.41 Å². The number of benzene rings is 1. The monoisotopic (exact) mass is 303 g/mol. The van der Waals surface area contributed by atoms with Gasteiger partial charge in [-0.15, -0.1) is 0 Å². The molecule has 1 aliphatic rings. The van der Waals surface area contributed by atoms with Crippen LogP contribution in [0.2, 0.25) is 0 Å². The summed E-state index contributed by atoms with van der Waals surface area (Å²) < 4.78 is 0. The molecule has 0 aromatic heterocycles. The molecule has 0 spiro atoms. The number of hydrogen-bond acceptors (Lipinski definition) is 3. The highest BCUT2D eigenvalue weighted by Crippen LogP contribution is 2.28. The van der Waals surface area contributed by atoms with Crippen LogP contribution in [0.3, 0.4) is 0 Å². The largest absolute Gasteiger partial charge is 0.329 e. The third-order valence-corrected chi connectivity index (χ3v) is 4.74. The Bertz CT molecular complexity index is 527. The Labute approximate surface area is 131 Å². The first kappa shape index (κ1) is 16.5. The molecule has 1 aliphatic heterocycles. The number of rotatable bonds is 6. The summed E-state index contributed by atoms with van der Waals surface area (Å²) in [6, 6.07) is 7.43. The predicted octanol–water partition coefficient (Wildman–Crippen LogP) is 2.52. The molecule has 1 aromatic rings. The van der Waals surface area contributed by atoms with Crippen molar-refractivity contribution in [2.75, 3.05) is 23.3 Å². The summed E-state index contributed by atoms with van der Waals surface area (Å²) in [6.45, 7) is 5.08. The van der Waals surface area contributed by atoms with Gasteiger partial charge in [0.1, 0.15) is 0 Å². The normalized spacial score (nSPS) is 15.2. The molecule has 120 valence electrons. The van der Waals surface area contributed by atoms with E-state index in [2.05, 4.69) is 5.32 Å². The lowest BCUT2D eigenvalue weighted by atomic mass is 9.81. The highest BCUT2D eigenvalue weighted by Gasteiger charge is 2.33. The van der Waals surface area contributed by atoms with Gasteiger partial charge in [0.2, 0.25) is 11.8 Å². The molecule has 22 heavy (non-hydrogen) atoms. The van der Waals surface area contributed by atoms with Crippen molar-refractivity contribution in [1.82, 2.24) is 0 Å². The van der Waals surface area contributed by atoms with E-state index in [4.69, 9.17) is 5.73 Å². The van der Waals surface area contributed by atoms with E-state index >= 15 is 0 Å². The Balaban J connectivity index is 2.08. The summed E-state index contributed by atoms with van der Waals surface area (Å²) in [5.41, 5.74) is 6.91. The Morgan fingerprint density at radius 1 is 1.27 bits per heavy atom. The van der Waals surface area contributed by atoms with E-state index in [0.717, 1.165) is 24.3 Å². The van der Waals surface area contributed by atoms with E-state index in [-0.39, 0.29) is 11.8 Å². The minimum Gasteiger partial charge on any atom is -0.329 e. The second-order valence-corrected chi connectivity index (χ2v) is 5.84. The Morgan fingerprint density at radius 3 is 2.36 bits per heavy atom. The van der Waals surface area contributed by atoms with Crippen molar-refractivity contribution in [2.45, 2.75) is 39.5 Å². The smallest absolute Gasteiger partial charge is 0.231 e. The van der Waals surface area contributed by atoms with Crippen molar-refractivity contribution in [3.63, 3.8) is 0 Å². The average molecular weight is 303 g/mol. The van der Waals surface area contributed by atoms with E-state index in [1.807, 2.05) is 38.1 Å². The average Bonchev–Trinajstić information content (AvgIpc) is 2.96. The Morgan fingerprint density at radius 2 is 1.91 bits per heavy atom. The summed E-state index contributed by atoms with van der Waals surface area (Å²) in [6.07, 6.45) is 2.95. The highest BCUT2D eigenvalue weighted by molar-refractivity contribution is 5.97. The second kappa shape index (κ2) is 6.92. The van der Waals surface area contributed by atoms with Gasteiger partial charge in [-0.25, -0.2) is 0 Å². The number of carbonyl (C=O) groups is 2. The molecule has 0 aliphatic carbocycles. The molecule has 1 saturated heterocycles. The van der Waals surface area contributed by atoms with Crippen LogP contribution in [0.4, 0.5) is 11.4 Å². The first-order chi connectivity index (χ1) is 10.6. The topological polar surface area (TPSA) is 75.4 Å². The van der Waals surface area contributed by atoms with Gasteiger partial charge in [-0.3, -0.25) is 9.59 Å². The minimum absolute atomic E-state index is 0.0370. The minimum atomic E-state index is -0.510. The van der Waals surface area contributed by atoms with E-state index in [9.17, 15) is 9.59 Å². The zero-order valence-corrected chi connectivity index (χ0v) is 13.4. The summed E-state index contributed by atoms with van der Waals surface area (Å²) in [5, 5.41) is 2.94. The van der Waals surface area contributed by atoms with Gasteiger partial charge < -0.3 is 16.0 Å². The lowest BCUT2D eigenvalue weighted by Gasteiger charge is -2.28. The molecule has 0 unspecified atom stereocenters. The van der Waals surface area contributed by atoms with Crippen LogP contribution in [-0.2, 0) is 9.59 Å². The van der Waals surface area contributed by atoms with Crippen LogP contribution in [0.1, 0.15) is 39.5 Å². The van der Waals surface area contributed by atoms with Crippen molar-refractivity contribution in [3.8, 4) is 0 Å². The SMILES string of the molecule is CCC(CC)(CN)C(=O)Nc1ccc(N2CCCC2=O)cc1. The van der Waals surface area contributed by atoms with Crippen molar-refractivity contribution in [3.05, 3.63) is 24.3 Å². The number of carbonyl (C=O) groups excluding carboxylic acids is 2. The molecular weight excluding hydrogens is 278 g/mol. The van der Waals surface area contributed by atoms with Crippen LogP contribution >= 0.6 is 0 Å². The molecule has 5 heteroatoms. The first-order valence-corrected chi connectivity index (χ1v) is 7.98. The third kappa shape index (κ3) is 3.14. The zero-order valence-electron chi connectivity index (χ0n) is 13.4. The van der Waals surface area contributed by atoms with E-state index in [1.54, 1.807) is 4.90 Å². The first-order valence-electron chi connectivity index (χ1n) is 7.98. The van der Waals surface area contributed by atoms with E-state index in [1.165, 1.54) is 0 Å².